The molecular weight excluding hydrogens is 432 g/mol. The van der Waals surface area contributed by atoms with Gasteiger partial charge >= 0.3 is 5.97 Å². The molecule has 3 aliphatic rings. The molecule has 2 aromatic rings. The predicted octanol–water partition coefficient (Wildman–Crippen LogP) is 6.33. The number of nitrogens with zero attached hydrogens (tertiary/aromatic N) is 1. The second kappa shape index (κ2) is 7.96. The van der Waals surface area contributed by atoms with Gasteiger partial charge in [-0.05, 0) is 85.1 Å². The Balaban J connectivity index is 1.39. The highest BCUT2D eigenvalue weighted by Crippen LogP contribution is 2.58. The van der Waals surface area contributed by atoms with Crippen LogP contribution in [0.15, 0.2) is 35.2 Å². The van der Waals surface area contributed by atoms with E-state index in [2.05, 4.69) is 17.7 Å². The van der Waals surface area contributed by atoms with Crippen LogP contribution in [0.25, 0.3) is 0 Å². The van der Waals surface area contributed by atoms with Crippen molar-refractivity contribution < 1.29 is 14.6 Å². The van der Waals surface area contributed by atoms with Gasteiger partial charge in [0.05, 0.1) is 27.9 Å². The van der Waals surface area contributed by atoms with Gasteiger partial charge in [0.1, 0.15) is 11.8 Å². The molecule has 3 aliphatic carbocycles. The Labute approximate surface area is 190 Å². The first-order valence-corrected chi connectivity index (χ1v) is 11.8. The van der Waals surface area contributed by atoms with E-state index < -0.39 is 5.97 Å². The van der Waals surface area contributed by atoms with Crippen molar-refractivity contribution in [2.75, 3.05) is 4.72 Å². The van der Waals surface area contributed by atoms with E-state index in [-0.39, 0.29) is 11.7 Å². The van der Waals surface area contributed by atoms with Gasteiger partial charge in [-0.3, -0.25) is 0 Å². The van der Waals surface area contributed by atoms with Gasteiger partial charge in [0.2, 0.25) is 0 Å². The van der Waals surface area contributed by atoms with Crippen molar-refractivity contribution in [1.29, 1.82) is 5.26 Å². The summed E-state index contributed by atoms with van der Waals surface area (Å²) in [6, 6.07) is 10.8. The maximum atomic E-state index is 11.4. The third-order valence-electron chi connectivity index (χ3n) is 6.86. The maximum Gasteiger partial charge on any atom is 0.335 e. The summed E-state index contributed by atoms with van der Waals surface area (Å²) in [5.41, 5.74) is 2.48. The molecule has 0 aromatic heterocycles. The summed E-state index contributed by atoms with van der Waals surface area (Å²) in [6.45, 7) is 2.30. The van der Waals surface area contributed by atoms with E-state index in [1.165, 1.54) is 11.9 Å². The quantitative estimate of drug-likeness (QED) is 0.475. The van der Waals surface area contributed by atoms with Crippen molar-refractivity contribution in [2.24, 2.45) is 17.8 Å². The van der Waals surface area contributed by atoms with Gasteiger partial charge in [-0.25, -0.2) is 4.79 Å². The number of ether oxygens (including phenoxy) is 1. The third kappa shape index (κ3) is 4.09. The molecule has 0 saturated heterocycles. The van der Waals surface area contributed by atoms with Crippen LogP contribution < -0.4 is 9.46 Å². The van der Waals surface area contributed by atoms with Crippen molar-refractivity contribution in [3.8, 4) is 11.8 Å². The van der Waals surface area contributed by atoms with Crippen LogP contribution in [-0.2, 0) is 0 Å². The van der Waals surface area contributed by atoms with E-state index in [0.717, 1.165) is 53.9 Å². The first-order valence-electron chi connectivity index (χ1n) is 10.6. The Morgan fingerprint density at radius 2 is 2.00 bits per heavy atom. The molecule has 0 bridgehead atoms. The summed E-state index contributed by atoms with van der Waals surface area (Å²) in [6.07, 6.45) is 4.52. The number of nitrogens with one attached hydrogen (secondary N) is 1. The number of nitriles is 1. The van der Waals surface area contributed by atoms with Crippen LogP contribution in [-0.4, -0.2) is 17.2 Å². The second-order valence-corrected chi connectivity index (χ2v) is 10.1. The molecule has 0 radical (unpaired) electrons. The van der Waals surface area contributed by atoms with Crippen LogP contribution in [0.1, 0.15) is 60.0 Å². The Hall–Kier alpha value is -2.36. The lowest BCUT2D eigenvalue weighted by atomic mass is 10.1. The normalized spacial score (nSPS) is 26.1. The third-order valence-corrected chi connectivity index (χ3v) is 8.07. The number of carbonyl (C=O) groups is 1. The van der Waals surface area contributed by atoms with E-state index in [1.807, 2.05) is 6.07 Å². The molecule has 160 valence electrons. The Morgan fingerprint density at radius 1 is 1.26 bits per heavy atom. The molecule has 31 heavy (non-hydrogen) atoms. The fourth-order valence-electron chi connectivity index (χ4n) is 4.81. The maximum absolute atomic E-state index is 11.4. The number of hydrogen-bond donors (Lipinski definition) is 2. The lowest BCUT2D eigenvalue weighted by Gasteiger charge is -2.20. The average Bonchev–Trinajstić information content (AvgIpc) is 3.65. The highest BCUT2D eigenvalue weighted by Gasteiger charge is 2.54. The van der Waals surface area contributed by atoms with Gasteiger partial charge in [-0.2, -0.15) is 5.26 Å². The summed E-state index contributed by atoms with van der Waals surface area (Å²) in [5.74, 6) is 2.52. The van der Waals surface area contributed by atoms with E-state index in [9.17, 15) is 15.2 Å². The van der Waals surface area contributed by atoms with E-state index in [1.54, 1.807) is 24.3 Å². The fraction of sp³-hybridized carbons (Fsp3) is 0.417. The van der Waals surface area contributed by atoms with Crippen LogP contribution in [0.5, 0.6) is 5.75 Å². The second-order valence-electron chi connectivity index (χ2n) is 8.87. The molecule has 5 rings (SSSR count). The lowest BCUT2D eigenvalue weighted by molar-refractivity contribution is 0.0696. The van der Waals surface area contributed by atoms with E-state index in [0.29, 0.717) is 27.9 Å². The molecule has 7 heteroatoms. The summed E-state index contributed by atoms with van der Waals surface area (Å²) in [4.78, 5) is 12.3. The minimum Gasteiger partial charge on any atom is -0.488 e. The number of benzene rings is 2. The molecule has 2 N–H and O–H groups in total. The van der Waals surface area contributed by atoms with Gasteiger partial charge in [0, 0.05) is 11.0 Å². The van der Waals surface area contributed by atoms with E-state index in [4.69, 9.17) is 16.3 Å². The summed E-state index contributed by atoms with van der Waals surface area (Å²) in [7, 11) is 0. The number of carboxylic acid groups (broad SMARTS) is 1. The number of anilines is 1. The van der Waals surface area contributed by atoms with Crippen molar-refractivity contribution in [2.45, 2.75) is 49.5 Å². The minimum absolute atomic E-state index is 0.165. The zero-order valence-electron chi connectivity index (χ0n) is 17.1. The number of rotatable bonds is 7. The zero-order valence-corrected chi connectivity index (χ0v) is 18.7. The van der Waals surface area contributed by atoms with Gasteiger partial charge in [-0.15, -0.1) is 0 Å². The standard InChI is InChI=1S/C24H23ClN2O3S/c1-12-18-8-16(9-19(12)18)30-22-10-20(25)15(11-26)6-21(22)27-31-23-7-14(24(28)29)4-5-17(23)13-2-3-13/h4-7,10,12-13,16,18-19,27H,2-3,8-9H2,1H3,(H,28,29). The highest BCUT2D eigenvalue weighted by atomic mass is 35.5. The molecule has 2 aromatic carbocycles. The highest BCUT2D eigenvalue weighted by molar-refractivity contribution is 8.00. The molecule has 5 nitrogen and oxygen atoms in total. The molecule has 2 atom stereocenters. The lowest BCUT2D eigenvalue weighted by Crippen LogP contribution is -2.16. The van der Waals surface area contributed by atoms with Crippen molar-refractivity contribution in [3.63, 3.8) is 0 Å². The fourth-order valence-corrected chi connectivity index (χ4v) is 5.92. The first-order chi connectivity index (χ1) is 14.9. The number of hydrogen-bond acceptors (Lipinski definition) is 5. The molecule has 0 amide bonds. The molecular formula is C24H23ClN2O3S. The number of aromatic carboxylic acids is 1. The monoisotopic (exact) mass is 454 g/mol. The zero-order chi connectivity index (χ0) is 21.7. The molecule has 2 unspecified atom stereocenters. The average molecular weight is 455 g/mol. The van der Waals surface area contributed by atoms with Crippen LogP contribution in [0, 0.1) is 29.1 Å². The van der Waals surface area contributed by atoms with Crippen LogP contribution in [0.3, 0.4) is 0 Å². The minimum atomic E-state index is -0.944. The predicted molar refractivity (Wildman–Crippen MR) is 121 cm³/mol. The van der Waals surface area contributed by atoms with Gasteiger partial charge in [0.25, 0.3) is 0 Å². The molecule has 0 spiro atoms. The smallest absolute Gasteiger partial charge is 0.335 e. The van der Waals surface area contributed by atoms with Crippen molar-refractivity contribution >= 4 is 35.2 Å². The Bertz CT molecular complexity index is 1080. The van der Waals surface area contributed by atoms with Gasteiger partial charge in [0.15, 0.2) is 0 Å². The van der Waals surface area contributed by atoms with Crippen molar-refractivity contribution in [3.05, 3.63) is 52.0 Å². The summed E-state index contributed by atoms with van der Waals surface area (Å²) < 4.78 is 9.63. The Morgan fingerprint density at radius 3 is 2.65 bits per heavy atom. The molecule has 3 saturated carbocycles. The largest absolute Gasteiger partial charge is 0.488 e. The number of halogens is 1. The molecule has 3 fully saturated rings. The van der Waals surface area contributed by atoms with Gasteiger partial charge in [-0.1, -0.05) is 24.6 Å². The Kier molecular flexibility index (Phi) is 5.27. The number of fused-ring (bicyclic) bond motifs is 1. The van der Waals surface area contributed by atoms with Gasteiger partial charge < -0.3 is 14.6 Å². The number of carboxylic acids is 1. The summed E-state index contributed by atoms with van der Waals surface area (Å²) >= 11 is 7.65. The molecule has 0 aliphatic heterocycles. The van der Waals surface area contributed by atoms with Crippen LogP contribution >= 0.6 is 23.5 Å². The first kappa shape index (κ1) is 20.5. The summed E-state index contributed by atoms with van der Waals surface area (Å²) in [5, 5.41) is 19.2. The van der Waals surface area contributed by atoms with Crippen molar-refractivity contribution in [1.82, 2.24) is 0 Å². The topological polar surface area (TPSA) is 82.3 Å². The van der Waals surface area contributed by atoms with Crippen LogP contribution in [0.4, 0.5) is 5.69 Å². The van der Waals surface area contributed by atoms with Crippen LogP contribution in [0.2, 0.25) is 5.02 Å². The SMILES string of the molecule is CC1C2CC(Oc3cc(Cl)c(C#N)cc3NSc3cc(C(=O)O)ccc3C3CC3)CC12. The molecule has 0 heterocycles. The van der Waals surface area contributed by atoms with E-state index >= 15 is 0 Å².